The van der Waals surface area contributed by atoms with Crippen molar-refractivity contribution < 1.29 is 4.79 Å². The molecule has 1 atom stereocenters. The van der Waals surface area contributed by atoms with E-state index in [1.54, 1.807) is 0 Å². The van der Waals surface area contributed by atoms with Crippen LogP contribution in [0.5, 0.6) is 0 Å². The normalized spacial score (nSPS) is 18.5. The summed E-state index contributed by atoms with van der Waals surface area (Å²) in [7, 11) is 0. The van der Waals surface area contributed by atoms with Crippen LogP contribution >= 0.6 is 0 Å². The molecule has 3 nitrogen and oxygen atoms in total. The zero-order chi connectivity index (χ0) is 11.8. The van der Waals surface area contributed by atoms with E-state index in [1.807, 2.05) is 12.1 Å². The molecule has 3 heteroatoms. The van der Waals surface area contributed by atoms with Gasteiger partial charge in [0.25, 0.3) is 0 Å². The van der Waals surface area contributed by atoms with Crippen LogP contribution in [0.15, 0.2) is 36.4 Å². The molecule has 1 amide bonds. The van der Waals surface area contributed by atoms with Crippen molar-refractivity contribution in [3.8, 4) is 0 Å². The Morgan fingerprint density at radius 1 is 1.24 bits per heavy atom. The van der Waals surface area contributed by atoms with Crippen LogP contribution in [0, 0.1) is 5.92 Å². The Hall–Kier alpha value is -2.03. The second-order valence-corrected chi connectivity index (χ2v) is 4.51. The van der Waals surface area contributed by atoms with Crippen LogP contribution in [-0.4, -0.2) is 12.5 Å². The SMILES string of the molecule is NC(=O)C1CNc2c(ccc3ccccc23)C1. The van der Waals surface area contributed by atoms with Gasteiger partial charge in [0.2, 0.25) is 5.91 Å². The monoisotopic (exact) mass is 226 g/mol. The van der Waals surface area contributed by atoms with Gasteiger partial charge in [0.05, 0.1) is 5.92 Å². The molecular weight excluding hydrogens is 212 g/mol. The van der Waals surface area contributed by atoms with E-state index in [0.717, 1.165) is 12.1 Å². The van der Waals surface area contributed by atoms with Crippen molar-refractivity contribution in [1.82, 2.24) is 0 Å². The second kappa shape index (κ2) is 3.77. The number of hydrogen-bond acceptors (Lipinski definition) is 2. The first-order chi connectivity index (χ1) is 8.25. The fourth-order valence-electron chi connectivity index (χ4n) is 2.46. The van der Waals surface area contributed by atoms with Crippen molar-refractivity contribution in [1.29, 1.82) is 0 Å². The number of anilines is 1. The molecule has 17 heavy (non-hydrogen) atoms. The van der Waals surface area contributed by atoms with E-state index in [4.69, 9.17) is 5.73 Å². The highest BCUT2D eigenvalue weighted by molar-refractivity contribution is 5.96. The van der Waals surface area contributed by atoms with Gasteiger partial charge in [-0.05, 0) is 17.4 Å². The van der Waals surface area contributed by atoms with Crippen LogP contribution < -0.4 is 11.1 Å². The Kier molecular flexibility index (Phi) is 2.25. The maximum Gasteiger partial charge on any atom is 0.222 e. The summed E-state index contributed by atoms with van der Waals surface area (Å²) in [5.74, 6) is -0.319. The number of fused-ring (bicyclic) bond motifs is 3. The summed E-state index contributed by atoms with van der Waals surface area (Å²) in [6.07, 6.45) is 0.739. The summed E-state index contributed by atoms with van der Waals surface area (Å²) in [5, 5.41) is 5.77. The number of nitrogens with two attached hydrogens (primary N) is 1. The fraction of sp³-hybridized carbons (Fsp3) is 0.214. The number of carbonyl (C=O) groups excluding carboxylic acids is 1. The first kappa shape index (κ1) is 10.1. The van der Waals surface area contributed by atoms with Crippen LogP contribution in [0.3, 0.4) is 0 Å². The van der Waals surface area contributed by atoms with E-state index >= 15 is 0 Å². The van der Waals surface area contributed by atoms with Gasteiger partial charge in [0.15, 0.2) is 0 Å². The molecule has 1 heterocycles. The van der Waals surface area contributed by atoms with E-state index in [-0.39, 0.29) is 11.8 Å². The smallest absolute Gasteiger partial charge is 0.222 e. The van der Waals surface area contributed by atoms with Crippen LogP contribution in [0.25, 0.3) is 10.8 Å². The Labute approximate surface area is 99.6 Å². The summed E-state index contributed by atoms with van der Waals surface area (Å²) < 4.78 is 0. The molecule has 1 aliphatic rings. The lowest BCUT2D eigenvalue weighted by molar-refractivity contribution is -0.121. The molecule has 2 aromatic carbocycles. The molecule has 0 aliphatic carbocycles. The minimum absolute atomic E-state index is 0.0938. The molecule has 0 fully saturated rings. The Bertz CT molecular complexity index is 592. The number of amides is 1. The first-order valence-electron chi connectivity index (χ1n) is 5.79. The highest BCUT2D eigenvalue weighted by Gasteiger charge is 2.23. The maximum absolute atomic E-state index is 11.2. The standard InChI is InChI=1S/C14H14N2O/c15-14(17)11-7-10-6-5-9-3-1-2-4-12(9)13(10)16-8-11/h1-6,11,16H,7-8H2,(H2,15,17). The van der Waals surface area contributed by atoms with Gasteiger partial charge in [-0.25, -0.2) is 0 Å². The average molecular weight is 226 g/mol. The Morgan fingerprint density at radius 3 is 2.88 bits per heavy atom. The molecule has 0 aromatic heterocycles. The van der Waals surface area contributed by atoms with E-state index in [9.17, 15) is 4.79 Å². The summed E-state index contributed by atoms with van der Waals surface area (Å²) in [6.45, 7) is 0.635. The molecule has 0 spiro atoms. The molecule has 3 N–H and O–H groups in total. The zero-order valence-corrected chi connectivity index (χ0v) is 9.44. The third-order valence-electron chi connectivity index (χ3n) is 3.41. The quantitative estimate of drug-likeness (QED) is 0.780. The lowest BCUT2D eigenvalue weighted by Crippen LogP contribution is -2.34. The van der Waals surface area contributed by atoms with Crippen molar-refractivity contribution >= 4 is 22.4 Å². The first-order valence-corrected chi connectivity index (χ1v) is 5.79. The molecule has 0 radical (unpaired) electrons. The van der Waals surface area contributed by atoms with Gasteiger partial charge in [0, 0.05) is 17.6 Å². The highest BCUT2D eigenvalue weighted by Crippen LogP contribution is 2.32. The van der Waals surface area contributed by atoms with E-state index in [0.29, 0.717) is 6.54 Å². The van der Waals surface area contributed by atoms with Crippen LogP contribution in [0.2, 0.25) is 0 Å². The number of carbonyl (C=O) groups is 1. The van der Waals surface area contributed by atoms with E-state index in [2.05, 4.69) is 29.6 Å². The minimum Gasteiger partial charge on any atom is -0.384 e. The summed E-state index contributed by atoms with van der Waals surface area (Å²) in [4.78, 5) is 11.2. The van der Waals surface area contributed by atoms with Gasteiger partial charge in [-0.3, -0.25) is 4.79 Å². The minimum atomic E-state index is -0.226. The molecule has 3 rings (SSSR count). The summed E-state index contributed by atoms with van der Waals surface area (Å²) >= 11 is 0. The Morgan fingerprint density at radius 2 is 2.06 bits per heavy atom. The third kappa shape index (κ3) is 1.64. The predicted molar refractivity (Wildman–Crippen MR) is 68.8 cm³/mol. The number of rotatable bonds is 1. The maximum atomic E-state index is 11.2. The van der Waals surface area contributed by atoms with Crippen molar-refractivity contribution in [2.75, 3.05) is 11.9 Å². The van der Waals surface area contributed by atoms with E-state index in [1.165, 1.54) is 16.3 Å². The van der Waals surface area contributed by atoms with Crippen LogP contribution in [-0.2, 0) is 11.2 Å². The van der Waals surface area contributed by atoms with Crippen molar-refractivity contribution in [3.63, 3.8) is 0 Å². The lowest BCUT2D eigenvalue weighted by Gasteiger charge is -2.25. The Balaban J connectivity index is 2.11. The lowest BCUT2D eigenvalue weighted by atomic mass is 9.91. The van der Waals surface area contributed by atoms with Gasteiger partial charge in [0.1, 0.15) is 0 Å². The molecule has 0 bridgehead atoms. The second-order valence-electron chi connectivity index (χ2n) is 4.51. The summed E-state index contributed by atoms with van der Waals surface area (Å²) in [6, 6.07) is 12.4. The van der Waals surface area contributed by atoms with Crippen LogP contribution in [0.4, 0.5) is 5.69 Å². The largest absolute Gasteiger partial charge is 0.384 e. The third-order valence-corrected chi connectivity index (χ3v) is 3.41. The fourth-order valence-corrected chi connectivity index (χ4v) is 2.46. The van der Waals surface area contributed by atoms with Crippen molar-refractivity contribution in [3.05, 3.63) is 42.0 Å². The molecule has 86 valence electrons. The van der Waals surface area contributed by atoms with Gasteiger partial charge in [-0.1, -0.05) is 36.4 Å². The number of hydrogen-bond donors (Lipinski definition) is 2. The molecular formula is C14H14N2O. The zero-order valence-electron chi connectivity index (χ0n) is 9.44. The predicted octanol–water partition coefficient (Wildman–Crippen LogP) is 1.91. The van der Waals surface area contributed by atoms with Crippen LogP contribution in [0.1, 0.15) is 5.56 Å². The van der Waals surface area contributed by atoms with Gasteiger partial charge in [-0.15, -0.1) is 0 Å². The average Bonchev–Trinajstić information content (AvgIpc) is 2.38. The number of primary amides is 1. The van der Waals surface area contributed by atoms with Gasteiger partial charge < -0.3 is 11.1 Å². The molecule has 1 aliphatic heterocycles. The molecule has 1 unspecified atom stereocenters. The molecule has 2 aromatic rings. The van der Waals surface area contributed by atoms with Gasteiger partial charge in [-0.2, -0.15) is 0 Å². The van der Waals surface area contributed by atoms with E-state index < -0.39 is 0 Å². The van der Waals surface area contributed by atoms with Crippen molar-refractivity contribution in [2.45, 2.75) is 6.42 Å². The topological polar surface area (TPSA) is 55.1 Å². The number of nitrogens with one attached hydrogen (secondary N) is 1. The molecule has 0 saturated heterocycles. The number of benzene rings is 2. The van der Waals surface area contributed by atoms with Gasteiger partial charge >= 0.3 is 0 Å². The highest BCUT2D eigenvalue weighted by atomic mass is 16.1. The van der Waals surface area contributed by atoms with Crippen molar-refractivity contribution in [2.24, 2.45) is 11.7 Å². The summed E-state index contributed by atoms with van der Waals surface area (Å²) in [5.41, 5.74) is 7.69. The molecule has 0 saturated carbocycles.